The molecular formula is C17H30N4. The number of rotatable bonds is 4. The molecule has 2 aliphatic rings. The maximum absolute atomic E-state index is 6.08. The zero-order valence-electron chi connectivity index (χ0n) is 13.4. The number of piperidine rings is 1. The normalized spacial score (nSPS) is 24.3. The van der Waals surface area contributed by atoms with Gasteiger partial charge in [0, 0.05) is 24.8 Å². The van der Waals surface area contributed by atoms with Crippen molar-refractivity contribution < 1.29 is 0 Å². The fourth-order valence-electron chi connectivity index (χ4n) is 4.33. The molecule has 0 radical (unpaired) electrons. The lowest BCUT2D eigenvalue weighted by Gasteiger charge is -2.46. The Morgan fingerprint density at radius 3 is 2.48 bits per heavy atom. The quantitative estimate of drug-likeness (QED) is 0.927. The molecule has 118 valence electrons. The van der Waals surface area contributed by atoms with E-state index in [4.69, 9.17) is 5.73 Å². The van der Waals surface area contributed by atoms with Crippen LogP contribution in [0.3, 0.4) is 0 Å². The van der Waals surface area contributed by atoms with E-state index in [1.165, 1.54) is 63.6 Å². The van der Waals surface area contributed by atoms with Gasteiger partial charge in [0.05, 0.1) is 12.2 Å². The summed E-state index contributed by atoms with van der Waals surface area (Å²) in [6.07, 6.45) is 14.2. The van der Waals surface area contributed by atoms with E-state index in [9.17, 15) is 0 Å². The number of aromatic nitrogens is 2. The van der Waals surface area contributed by atoms with Gasteiger partial charge < -0.3 is 5.73 Å². The summed E-state index contributed by atoms with van der Waals surface area (Å²) in [5.74, 6) is 0. The number of nitrogens with two attached hydrogens (primary N) is 1. The SMILES string of the molecule is CCn1cc(C(CN)N2CCC3(CCCCC3)CC2)cn1. The zero-order valence-corrected chi connectivity index (χ0v) is 13.4. The Kier molecular flexibility index (Phi) is 4.65. The van der Waals surface area contributed by atoms with Crippen molar-refractivity contribution in [1.29, 1.82) is 0 Å². The largest absolute Gasteiger partial charge is 0.329 e. The van der Waals surface area contributed by atoms with Crippen LogP contribution in [0.2, 0.25) is 0 Å². The maximum Gasteiger partial charge on any atom is 0.0538 e. The topological polar surface area (TPSA) is 47.1 Å². The van der Waals surface area contributed by atoms with Gasteiger partial charge in [-0.2, -0.15) is 5.10 Å². The van der Waals surface area contributed by atoms with Crippen LogP contribution in [-0.2, 0) is 6.54 Å². The molecule has 1 saturated carbocycles. The van der Waals surface area contributed by atoms with E-state index in [0.29, 0.717) is 18.0 Å². The molecule has 0 amide bonds. The molecular weight excluding hydrogens is 260 g/mol. The van der Waals surface area contributed by atoms with Gasteiger partial charge in [0.1, 0.15) is 0 Å². The molecule has 2 heterocycles. The first-order valence-corrected chi connectivity index (χ1v) is 8.73. The van der Waals surface area contributed by atoms with Gasteiger partial charge in [-0.15, -0.1) is 0 Å². The second kappa shape index (κ2) is 6.49. The zero-order chi connectivity index (χ0) is 14.7. The summed E-state index contributed by atoms with van der Waals surface area (Å²) in [6, 6.07) is 0.353. The number of aryl methyl sites for hydroxylation is 1. The highest BCUT2D eigenvalue weighted by Crippen LogP contribution is 2.45. The molecule has 2 fully saturated rings. The average Bonchev–Trinajstić information content (AvgIpc) is 3.00. The van der Waals surface area contributed by atoms with Crippen LogP contribution in [0, 0.1) is 5.41 Å². The van der Waals surface area contributed by atoms with E-state index in [1.807, 2.05) is 10.9 Å². The molecule has 1 aliphatic carbocycles. The summed E-state index contributed by atoms with van der Waals surface area (Å²) < 4.78 is 2.00. The van der Waals surface area contributed by atoms with Gasteiger partial charge in [0.15, 0.2) is 0 Å². The molecule has 3 rings (SSSR count). The first kappa shape index (κ1) is 15.0. The Bertz CT molecular complexity index is 437. The monoisotopic (exact) mass is 290 g/mol. The Balaban J connectivity index is 1.63. The summed E-state index contributed by atoms with van der Waals surface area (Å²) in [5.41, 5.74) is 8.04. The molecule has 1 saturated heterocycles. The Morgan fingerprint density at radius 1 is 1.19 bits per heavy atom. The second-order valence-corrected chi connectivity index (χ2v) is 6.98. The third kappa shape index (κ3) is 3.16. The van der Waals surface area contributed by atoms with E-state index in [-0.39, 0.29) is 0 Å². The highest BCUT2D eigenvalue weighted by atomic mass is 15.3. The molecule has 1 aromatic heterocycles. The summed E-state index contributed by atoms with van der Waals surface area (Å²) >= 11 is 0. The molecule has 2 N–H and O–H groups in total. The standard InChI is InChI=1S/C17H30N4/c1-2-21-14-15(13-19-21)16(12-18)20-10-8-17(9-11-20)6-4-3-5-7-17/h13-14,16H,2-12,18H2,1H3. The lowest BCUT2D eigenvalue weighted by molar-refractivity contribution is 0.0464. The van der Waals surface area contributed by atoms with E-state index in [2.05, 4.69) is 23.1 Å². The number of hydrogen-bond donors (Lipinski definition) is 1. The minimum absolute atomic E-state index is 0.353. The lowest BCUT2D eigenvalue weighted by atomic mass is 9.68. The van der Waals surface area contributed by atoms with E-state index < -0.39 is 0 Å². The van der Waals surface area contributed by atoms with E-state index in [0.717, 1.165) is 6.54 Å². The van der Waals surface area contributed by atoms with Crippen molar-refractivity contribution in [3.05, 3.63) is 18.0 Å². The van der Waals surface area contributed by atoms with Crippen LogP contribution in [0.4, 0.5) is 0 Å². The van der Waals surface area contributed by atoms with E-state index >= 15 is 0 Å². The molecule has 1 aliphatic heterocycles. The summed E-state index contributed by atoms with van der Waals surface area (Å²) in [6.45, 7) is 6.17. The number of hydrogen-bond acceptors (Lipinski definition) is 3. The molecule has 1 atom stereocenters. The third-order valence-electron chi connectivity index (χ3n) is 5.80. The summed E-state index contributed by atoms with van der Waals surface area (Å²) in [5, 5.41) is 4.42. The minimum Gasteiger partial charge on any atom is -0.329 e. The molecule has 1 aromatic rings. The van der Waals surface area contributed by atoms with Crippen LogP contribution in [-0.4, -0.2) is 34.3 Å². The molecule has 1 spiro atoms. The summed E-state index contributed by atoms with van der Waals surface area (Å²) in [7, 11) is 0. The fraction of sp³-hybridized carbons (Fsp3) is 0.824. The highest BCUT2D eigenvalue weighted by Gasteiger charge is 2.37. The fourth-order valence-corrected chi connectivity index (χ4v) is 4.33. The first-order valence-electron chi connectivity index (χ1n) is 8.73. The Morgan fingerprint density at radius 2 is 1.90 bits per heavy atom. The van der Waals surface area contributed by atoms with Gasteiger partial charge in [-0.05, 0) is 51.1 Å². The first-order chi connectivity index (χ1) is 10.3. The predicted molar refractivity (Wildman–Crippen MR) is 86.0 cm³/mol. The van der Waals surface area contributed by atoms with Crippen molar-refractivity contribution in [3.8, 4) is 0 Å². The molecule has 1 unspecified atom stereocenters. The van der Waals surface area contributed by atoms with Gasteiger partial charge in [0.2, 0.25) is 0 Å². The smallest absolute Gasteiger partial charge is 0.0538 e. The van der Waals surface area contributed by atoms with Crippen molar-refractivity contribution in [1.82, 2.24) is 14.7 Å². The van der Waals surface area contributed by atoms with E-state index in [1.54, 1.807) is 0 Å². The van der Waals surface area contributed by atoms with Crippen molar-refractivity contribution >= 4 is 0 Å². The minimum atomic E-state index is 0.353. The van der Waals surface area contributed by atoms with Crippen molar-refractivity contribution in [2.75, 3.05) is 19.6 Å². The van der Waals surface area contributed by atoms with Crippen LogP contribution in [0.15, 0.2) is 12.4 Å². The van der Waals surface area contributed by atoms with Crippen molar-refractivity contribution in [2.45, 2.75) is 64.5 Å². The molecule has 4 heteroatoms. The van der Waals surface area contributed by atoms with Crippen LogP contribution in [0.5, 0.6) is 0 Å². The van der Waals surface area contributed by atoms with Crippen LogP contribution < -0.4 is 5.73 Å². The van der Waals surface area contributed by atoms with Gasteiger partial charge in [0.25, 0.3) is 0 Å². The molecule has 0 bridgehead atoms. The number of likely N-dealkylation sites (tertiary alicyclic amines) is 1. The summed E-state index contributed by atoms with van der Waals surface area (Å²) in [4.78, 5) is 2.59. The van der Waals surface area contributed by atoms with Gasteiger partial charge in [-0.1, -0.05) is 19.3 Å². The third-order valence-corrected chi connectivity index (χ3v) is 5.80. The maximum atomic E-state index is 6.08. The predicted octanol–water partition coefficient (Wildman–Crippen LogP) is 2.95. The van der Waals surface area contributed by atoms with Crippen LogP contribution in [0.25, 0.3) is 0 Å². The van der Waals surface area contributed by atoms with Crippen molar-refractivity contribution in [3.63, 3.8) is 0 Å². The highest BCUT2D eigenvalue weighted by molar-refractivity contribution is 5.12. The van der Waals surface area contributed by atoms with Crippen LogP contribution in [0.1, 0.15) is 63.5 Å². The Hall–Kier alpha value is -0.870. The van der Waals surface area contributed by atoms with Gasteiger partial charge >= 0.3 is 0 Å². The lowest BCUT2D eigenvalue weighted by Crippen LogP contribution is -2.44. The van der Waals surface area contributed by atoms with Crippen LogP contribution >= 0.6 is 0 Å². The molecule has 4 nitrogen and oxygen atoms in total. The Labute approximate surface area is 128 Å². The van der Waals surface area contributed by atoms with Crippen molar-refractivity contribution in [2.24, 2.45) is 11.1 Å². The van der Waals surface area contributed by atoms with Gasteiger partial charge in [-0.3, -0.25) is 9.58 Å². The number of nitrogens with zero attached hydrogens (tertiary/aromatic N) is 3. The average molecular weight is 290 g/mol. The molecule has 0 aromatic carbocycles. The van der Waals surface area contributed by atoms with Gasteiger partial charge in [-0.25, -0.2) is 0 Å². The molecule has 21 heavy (non-hydrogen) atoms. The second-order valence-electron chi connectivity index (χ2n) is 6.98.